The first-order valence-corrected chi connectivity index (χ1v) is 10.8. The first-order chi connectivity index (χ1) is 15.2. The number of hydrogen-bond acceptors (Lipinski definition) is 3. The van der Waals surface area contributed by atoms with E-state index in [9.17, 15) is 18.4 Å². The largest absolute Gasteiger partial charge is 0.488 e. The Bertz CT molecular complexity index is 1080. The topological polar surface area (TPSA) is 58.6 Å². The molecule has 1 N–H and O–H groups in total. The van der Waals surface area contributed by atoms with E-state index in [4.69, 9.17) is 27.9 Å². The normalized spacial score (nSPS) is 14.7. The highest BCUT2D eigenvalue weighted by Gasteiger charge is 2.37. The Morgan fingerprint density at radius 3 is 2.59 bits per heavy atom. The molecule has 1 atom stereocenters. The molecule has 1 aliphatic rings. The molecule has 9 heteroatoms. The molecular weight excluding hydrogens is 461 g/mol. The van der Waals surface area contributed by atoms with Crippen molar-refractivity contribution in [1.82, 2.24) is 5.32 Å². The fraction of sp³-hybridized carbons (Fsp3) is 0.304. The minimum Gasteiger partial charge on any atom is -0.488 e. The van der Waals surface area contributed by atoms with E-state index in [1.165, 1.54) is 0 Å². The molecule has 0 fully saturated rings. The Balaban J connectivity index is 1.70. The third-order valence-electron chi connectivity index (χ3n) is 5.02. The van der Waals surface area contributed by atoms with Crippen LogP contribution < -0.4 is 10.2 Å². The number of hydrogen-bond donors (Lipinski definition) is 1. The van der Waals surface area contributed by atoms with Crippen LogP contribution in [0.1, 0.15) is 25.8 Å². The minimum atomic E-state index is -0.897. The number of carbonyl (C=O) groups is 2. The first-order valence-electron chi connectivity index (χ1n) is 10.1. The number of benzene rings is 2. The Morgan fingerprint density at radius 2 is 1.94 bits per heavy atom. The lowest BCUT2D eigenvalue weighted by Gasteiger charge is -2.18. The van der Waals surface area contributed by atoms with Gasteiger partial charge >= 0.3 is 0 Å². The number of nitrogens with zero attached hydrogens (tertiary/aromatic N) is 1. The van der Waals surface area contributed by atoms with Gasteiger partial charge in [0.1, 0.15) is 11.6 Å². The molecule has 0 aromatic heterocycles. The molecule has 1 aliphatic heterocycles. The van der Waals surface area contributed by atoms with Crippen LogP contribution in [-0.4, -0.2) is 31.0 Å². The second kappa shape index (κ2) is 10.3. The van der Waals surface area contributed by atoms with Crippen LogP contribution in [0, 0.1) is 11.6 Å². The lowest BCUT2D eigenvalue weighted by atomic mass is 10.1. The molecule has 0 aliphatic carbocycles. The molecule has 2 aromatic rings. The number of halogens is 4. The minimum absolute atomic E-state index is 0.0990. The second-order valence-corrected chi connectivity index (χ2v) is 8.20. The van der Waals surface area contributed by atoms with E-state index in [-0.39, 0.29) is 36.2 Å². The van der Waals surface area contributed by atoms with Gasteiger partial charge in [-0.3, -0.25) is 14.5 Å². The third-order valence-corrected chi connectivity index (χ3v) is 5.76. The maximum Gasteiger partial charge on any atom is 0.294 e. The molecule has 170 valence electrons. The van der Waals surface area contributed by atoms with Gasteiger partial charge in [0, 0.05) is 12.1 Å². The maximum absolute atomic E-state index is 14.2. The summed E-state index contributed by atoms with van der Waals surface area (Å²) in [6, 6.07) is 8.03. The molecule has 2 aromatic carbocycles. The smallest absolute Gasteiger partial charge is 0.294 e. The van der Waals surface area contributed by atoms with Crippen molar-refractivity contribution in [1.29, 1.82) is 0 Å². The first kappa shape index (κ1) is 24.0. The summed E-state index contributed by atoms with van der Waals surface area (Å²) in [6.45, 7) is 3.49. The van der Waals surface area contributed by atoms with Crippen molar-refractivity contribution < 1.29 is 23.1 Å². The highest BCUT2D eigenvalue weighted by molar-refractivity contribution is 6.42. The molecule has 5 nitrogen and oxygen atoms in total. The summed E-state index contributed by atoms with van der Waals surface area (Å²) >= 11 is 12.0. The molecule has 0 saturated heterocycles. The Labute approximate surface area is 194 Å². The number of nitrogens with one attached hydrogen (secondary N) is 1. The van der Waals surface area contributed by atoms with Crippen LogP contribution in [0.25, 0.3) is 0 Å². The van der Waals surface area contributed by atoms with Crippen LogP contribution in [-0.2, 0) is 20.7 Å². The fourth-order valence-electron chi connectivity index (χ4n) is 3.38. The van der Waals surface area contributed by atoms with Crippen LogP contribution in [0.15, 0.2) is 47.7 Å². The molecule has 0 saturated carbocycles. The lowest BCUT2D eigenvalue weighted by Crippen LogP contribution is -2.36. The van der Waals surface area contributed by atoms with Crippen LogP contribution in [0.3, 0.4) is 0 Å². The Hall–Kier alpha value is -2.64. The van der Waals surface area contributed by atoms with E-state index in [1.54, 1.807) is 19.1 Å². The van der Waals surface area contributed by atoms with Crippen LogP contribution in [0.4, 0.5) is 14.5 Å². The lowest BCUT2D eigenvalue weighted by molar-refractivity contribution is -0.120. The second-order valence-electron chi connectivity index (χ2n) is 7.39. The van der Waals surface area contributed by atoms with E-state index < -0.39 is 23.4 Å². The Kier molecular flexibility index (Phi) is 7.74. The van der Waals surface area contributed by atoms with Gasteiger partial charge < -0.3 is 10.1 Å². The van der Waals surface area contributed by atoms with E-state index in [0.29, 0.717) is 29.0 Å². The molecule has 0 radical (unpaired) electrons. The predicted molar refractivity (Wildman–Crippen MR) is 120 cm³/mol. The van der Waals surface area contributed by atoms with E-state index >= 15 is 0 Å². The molecule has 1 heterocycles. The van der Waals surface area contributed by atoms with Gasteiger partial charge in [-0.1, -0.05) is 29.3 Å². The average molecular weight is 483 g/mol. The summed E-state index contributed by atoms with van der Waals surface area (Å²) in [4.78, 5) is 26.7. The predicted octanol–water partition coefficient (Wildman–Crippen LogP) is 5.05. The van der Waals surface area contributed by atoms with Crippen LogP contribution in [0.2, 0.25) is 10.0 Å². The van der Waals surface area contributed by atoms with Crippen LogP contribution >= 0.6 is 23.2 Å². The van der Waals surface area contributed by atoms with E-state index in [2.05, 4.69) is 5.32 Å². The van der Waals surface area contributed by atoms with Crippen molar-refractivity contribution in [2.75, 3.05) is 18.1 Å². The van der Waals surface area contributed by atoms with Crippen LogP contribution in [0.5, 0.6) is 0 Å². The summed E-state index contributed by atoms with van der Waals surface area (Å²) in [5, 5.41) is 3.79. The number of aryl methyl sites for hydroxylation is 1. The van der Waals surface area contributed by atoms with Gasteiger partial charge in [-0.05, 0) is 56.5 Å². The zero-order valence-corrected chi connectivity index (χ0v) is 19.1. The summed E-state index contributed by atoms with van der Waals surface area (Å²) in [6.07, 6.45) is 1.27. The molecule has 2 amide bonds. The highest BCUT2D eigenvalue weighted by atomic mass is 35.5. The van der Waals surface area contributed by atoms with Crippen molar-refractivity contribution in [3.8, 4) is 0 Å². The third kappa shape index (κ3) is 5.40. The van der Waals surface area contributed by atoms with Gasteiger partial charge in [0.15, 0.2) is 5.76 Å². The number of anilines is 1. The molecule has 0 bridgehead atoms. The number of rotatable bonds is 8. The summed E-state index contributed by atoms with van der Waals surface area (Å²) in [5.41, 5.74) is 0.953. The monoisotopic (exact) mass is 482 g/mol. The van der Waals surface area contributed by atoms with Gasteiger partial charge in [-0.25, -0.2) is 8.78 Å². The van der Waals surface area contributed by atoms with Crippen molar-refractivity contribution >= 4 is 40.7 Å². The zero-order valence-electron chi connectivity index (χ0n) is 17.6. The SMILES string of the molecule is CCOC1=C(C(=O)NC(C)CCc2ccc(Cl)c(Cl)c2)CN(c2ccc(F)cc2F)C1=O. The van der Waals surface area contributed by atoms with Crippen molar-refractivity contribution in [3.63, 3.8) is 0 Å². The van der Waals surface area contributed by atoms with Crippen molar-refractivity contribution in [3.05, 3.63) is 75.0 Å². The standard InChI is InChI=1S/C23H22Cl2F2N2O3/c1-3-32-21-16(12-29(23(21)31)20-9-7-15(26)11-19(20)27)22(30)28-13(2)4-5-14-6-8-17(24)18(25)10-14/h6-11,13H,3-5,12H2,1-2H3,(H,28,30). The fourth-order valence-corrected chi connectivity index (χ4v) is 3.70. The zero-order chi connectivity index (χ0) is 23.4. The molecule has 32 heavy (non-hydrogen) atoms. The van der Waals surface area contributed by atoms with Gasteiger partial charge in [-0.15, -0.1) is 0 Å². The van der Waals surface area contributed by atoms with Gasteiger partial charge in [0.25, 0.3) is 11.8 Å². The van der Waals surface area contributed by atoms with E-state index in [0.717, 1.165) is 22.6 Å². The molecule has 1 unspecified atom stereocenters. The summed E-state index contributed by atoms with van der Waals surface area (Å²) < 4.78 is 32.9. The van der Waals surface area contributed by atoms with Gasteiger partial charge in [0.05, 0.1) is 34.5 Å². The van der Waals surface area contributed by atoms with Crippen molar-refractivity contribution in [2.45, 2.75) is 32.7 Å². The summed E-state index contributed by atoms with van der Waals surface area (Å²) in [7, 11) is 0. The average Bonchev–Trinajstić information content (AvgIpc) is 3.05. The number of carbonyl (C=O) groups excluding carboxylic acids is 2. The summed E-state index contributed by atoms with van der Waals surface area (Å²) in [5.74, 6) is -2.92. The molecule has 0 spiro atoms. The van der Waals surface area contributed by atoms with Gasteiger partial charge in [-0.2, -0.15) is 0 Å². The van der Waals surface area contributed by atoms with E-state index in [1.807, 2.05) is 13.0 Å². The number of amides is 2. The molecule has 3 rings (SSSR count). The maximum atomic E-state index is 14.2. The highest BCUT2D eigenvalue weighted by Crippen LogP contribution is 2.29. The van der Waals surface area contributed by atoms with Crippen molar-refractivity contribution in [2.24, 2.45) is 0 Å². The Morgan fingerprint density at radius 1 is 1.19 bits per heavy atom. The molecular formula is C23H22Cl2F2N2O3. The quantitative estimate of drug-likeness (QED) is 0.572. The van der Waals surface area contributed by atoms with Gasteiger partial charge in [0.2, 0.25) is 0 Å². The number of ether oxygens (including phenoxy) is 1.